The second-order valence-electron chi connectivity index (χ2n) is 5.26. The van der Waals surface area contributed by atoms with Crippen LogP contribution < -0.4 is 0 Å². The molecule has 0 fully saturated rings. The summed E-state index contributed by atoms with van der Waals surface area (Å²) >= 11 is 2.24. The van der Waals surface area contributed by atoms with Crippen molar-refractivity contribution in [2.75, 3.05) is 0 Å². The Labute approximate surface area is 134 Å². The number of hydrogen-bond donors (Lipinski definition) is 1. The second kappa shape index (κ2) is 4.56. The van der Waals surface area contributed by atoms with Gasteiger partial charge in [-0.2, -0.15) is 0 Å². The predicted octanol–water partition coefficient (Wildman–Crippen LogP) is 4.82. The summed E-state index contributed by atoms with van der Waals surface area (Å²) in [5.74, 6) is -0.789. The van der Waals surface area contributed by atoms with Gasteiger partial charge in [-0.1, -0.05) is 42.5 Å². The lowest BCUT2D eigenvalue weighted by atomic mass is 9.91. The lowest BCUT2D eigenvalue weighted by Crippen LogP contribution is -2.03. The molecule has 0 aliphatic rings. The molecule has 4 aromatic rings. The molecule has 21 heavy (non-hydrogen) atoms. The summed E-state index contributed by atoms with van der Waals surface area (Å²) < 4.78 is 1.01. The van der Waals surface area contributed by atoms with E-state index in [9.17, 15) is 9.90 Å². The molecule has 1 N–H and O–H groups in total. The second-order valence-corrected chi connectivity index (χ2v) is 6.43. The molecule has 0 atom stereocenters. The first kappa shape index (κ1) is 12.8. The van der Waals surface area contributed by atoms with Crippen LogP contribution in [0.5, 0.6) is 0 Å². The van der Waals surface area contributed by atoms with Crippen LogP contribution in [-0.4, -0.2) is 11.1 Å². The van der Waals surface area contributed by atoms with Crippen LogP contribution in [0.3, 0.4) is 0 Å². The molecule has 4 aromatic carbocycles. The number of benzene rings is 4. The van der Waals surface area contributed by atoms with Crippen molar-refractivity contribution >= 4 is 60.9 Å². The molecule has 2 nitrogen and oxygen atoms in total. The van der Waals surface area contributed by atoms with Crippen molar-refractivity contribution < 1.29 is 9.90 Å². The average Bonchev–Trinajstić information content (AvgIpc) is 2.47. The quantitative estimate of drug-likeness (QED) is 0.396. The molecule has 0 heterocycles. The third kappa shape index (κ3) is 1.87. The van der Waals surface area contributed by atoms with Crippen LogP contribution in [0, 0.1) is 3.57 Å². The van der Waals surface area contributed by atoms with Gasteiger partial charge in [0.2, 0.25) is 0 Å². The highest BCUT2D eigenvalue weighted by molar-refractivity contribution is 14.1. The largest absolute Gasteiger partial charge is 0.481 e. The Kier molecular flexibility index (Phi) is 2.79. The summed E-state index contributed by atoms with van der Waals surface area (Å²) in [5, 5.41) is 16.2. The van der Waals surface area contributed by atoms with E-state index >= 15 is 0 Å². The molecule has 3 heteroatoms. The fourth-order valence-electron chi connectivity index (χ4n) is 3.16. The average molecular weight is 386 g/mol. The summed E-state index contributed by atoms with van der Waals surface area (Å²) in [6.45, 7) is 0. The van der Waals surface area contributed by atoms with Gasteiger partial charge in [-0.25, -0.2) is 0 Å². The third-order valence-corrected chi connectivity index (χ3v) is 5.00. The number of carbonyl (C=O) groups is 1. The van der Waals surface area contributed by atoms with Crippen LogP contribution >= 0.6 is 22.6 Å². The minimum absolute atomic E-state index is 0.0619. The maximum atomic E-state index is 11.2. The van der Waals surface area contributed by atoms with E-state index in [1.165, 1.54) is 26.9 Å². The summed E-state index contributed by atoms with van der Waals surface area (Å²) in [4.78, 5) is 11.2. The molecule has 0 amide bonds. The highest BCUT2D eigenvalue weighted by Crippen LogP contribution is 2.37. The van der Waals surface area contributed by atoms with E-state index in [1.54, 1.807) is 0 Å². The van der Waals surface area contributed by atoms with E-state index < -0.39 is 5.97 Å². The molecule has 0 saturated carbocycles. The summed E-state index contributed by atoms with van der Waals surface area (Å²) in [6.07, 6.45) is 0.0619. The third-order valence-electron chi connectivity index (χ3n) is 4.03. The number of halogens is 1. The van der Waals surface area contributed by atoms with E-state index in [0.29, 0.717) is 0 Å². The first-order chi connectivity index (χ1) is 10.1. The van der Waals surface area contributed by atoms with Crippen molar-refractivity contribution in [3.8, 4) is 0 Å². The molecule has 0 saturated heterocycles. The smallest absolute Gasteiger partial charge is 0.307 e. The molecular weight excluding hydrogens is 375 g/mol. The number of aliphatic carboxylic acids is 1. The molecule has 0 unspecified atom stereocenters. The highest BCUT2D eigenvalue weighted by atomic mass is 127. The monoisotopic (exact) mass is 386 g/mol. The van der Waals surface area contributed by atoms with E-state index in [1.807, 2.05) is 0 Å². The summed E-state index contributed by atoms with van der Waals surface area (Å²) in [7, 11) is 0. The maximum Gasteiger partial charge on any atom is 0.307 e. The lowest BCUT2D eigenvalue weighted by Gasteiger charge is -2.14. The van der Waals surface area contributed by atoms with Crippen molar-refractivity contribution in [2.24, 2.45) is 0 Å². The maximum absolute atomic E-state index is 11.2. The Morgan fingerprint density at radius 3 is 2.33 bits per heavy atom. The fourth-order valence-corrected chi connectivity index (χ4v) is 3.98. The van der Waals surface area contributed by atoms with Crippen molar-refractivity contribution in [2.45, 2.75) is 6.42 Å². The SMILES string of the molecule is O=C(O)Cc1c(I)cc2ccc3cccc4ccc1c2c34. The topological polar surface area (TPSA) is 37.3 Å². The molecular formula is C18H11IO2. The molecule has 0 radical (unpaired) electrons. The van der Waals surface area contributed by atoms with Gasteiger partial charge < -0.3 is 5.11 Å². The molecule has 0 aliphatic heterocycles. The molecule has 102 valence electrons. The molecule has 4 rings (SSSR count). The van der Waals surface area contributed by atoms with Gasteiger partial charge in [0.25, 0.3) is 0 Å². The zero-order valence-electron chi connectivity index (χ0n) is 11.1. The van der Waals surface area contributed by atoms with Crippen molar-refractivity contribution in [1.82, 2.24) is 0 Å². The zero-order chi connectivity index (χ0) is 14.6. The molecule has 0 aliphatic carbocycles. The van der Waals surface area contributed by atoms with Crippen LogP contribution in [-0.2, 0) is 11.2 Å². The van der Waals surface area contributed by atoms with E-state index in [2.05, 4.69) is 71.1 Å². The van der Waals surface area contributed by atoms with Gasteiger partial charge in [-0.3, -0.25) is 4.79 Å². The first-order valence-corrected chi connectivity index (χ1v) is 7.80. The first-order valence-electron chi connectivity index (χ1n) is 6.72. The van der Waals surface area contributed by atoms with Gasteiger partial charge in [-0.15, -0.1) is 0 Å². The van der Waals surface area contributed by atoms with Gasteiger partial charge in [0, 0.05) is 3.57 Å². The van der Waals surface area contributed by atoms with Gasteiger partial charge in [-0.05, 0) is 66.5 Å². The Bertz CT molecular complexity index is 989. The van der Waals surface area contributed by atoms with Gasteiger partial charge in [0.05, 0.1) is 6.42 Å². The van der Waals surface area contributed by atoms with Gasteiger partial charge in [0.1, 0.15) is 0 Å². The van der Waals surface area contributed by atoms with Crippen molar-refractivity contribution in [3.05, 3.63) is 57.7 Å². The Balaban J connectivity index is 2.26. The standard InChI is InChI=1S/C18H11IO2/c19-15-8-12-5-4-10-2-1-3-11-6-7-13(18(12)17(10)11)14(15)9-16(20)21/h1-8H,9H2,(H,20,21). The fraction of sp³-hybridized carbons (Fsp3) is 0.0556. The number of hydrogen-bond acceptors (Lipinski definition) is 1. The highest BCUT2D eigenvalue weighted by Gasteiger charge is 2.15. The number of rotatable bonds is 2. The van der Waals surface area contributed by atoms with Crippen LogP contribution in [0.15, 0.2) is 48.5 Å². The summed E-state index contributed by atoms with van der Waals surface area (Å²) in [6, 6.07) is 16.8. The Hall–Kier alpha value is -1.88. The van der Waals surface area contributed by atoms with Crippen LogP contribution in [0.4, 0.5) is 0 Å². The van der Waals surface area contributed by atoms with Gasteiger partial charge in [0.15, 0.2) is 0 Å². The van der Waals surface area contributed by atoms with Crippen LogP contribution in [0.25, 0.3) is 32.3 Å². The van der Waals surface area contributed by atoms with Gasteiger partial charge >= 0.3 is 5.97 Å². The Morgan fingerprint density at radius 1 is 0.952 bits per heavy atom. The van der Waals surface area contributed by atoms with Crippen molar-refractivity contribution in [1.29, 1.82) is 0 Å². The normalized spacial score (nSPS) is 11.7. The minimum Gasteiger partial charge on any atom is -0.481 e. The van der Waals surface area contributed by atoms with Crippen LogP contribution in [0.2, 0.25) is 0 Å². The number of carboxylic acids is 1. The summed E-state index contributed by atoms with van der Waals surface area (Å²) in [5.41, 5.74) is 0.911. The molecule has 0 bridgehead atoms. The lowest BCUT2D eigenvalue weighted by molar-refractivity contribution is -0.136. The van der Waals surface area contributed by atoms with Crippen molar-refractivity contribution in [3.63, 3.8) is 0 Å². The molecule has 0 spiro atoms. The van der Waals surface area contributed by atoms with E-state index in [4.69, 9.17) is 0 Å². The Morgan fingerprint density at radius 2 is 1.62 bits per heavy atom. The molecule has 0 aromatic heterocycles. The number of carboxylic acid groups (broad SMARTS) is 1. The minimum atomic E-state index is -0.789. The van der Waals surface area contributed by atoms with E-state index in [-0.39, 0.29) is 6.42 Å². The van der Waals surface area contributed by atoms with E-state index in [0.717, 1.165) is 14.5 Å². The van der Waals surface area contributed by atoms with Crippen LogP contribution in [0.1, 0.15) is 5.56 Å². The zero-order valence-corrected chi connectivity index (χ0v) is 13.2. The predicted molar refractivity (Wildman–Crippen MR) is 94.2 cm³/mol.